The summed E-state index contributed by atoms with van der Waals surface area (Å²) < 4.78 is 5.40. The molecule has 2 fully saturated rings. The zero-order valence-corrected chi connectivity index (χ0v) is 12.9. The van der Waals surface area contributed by atoms with Gasteiger partial charge in [0.05, 0.1) is 0 Å². The summed E-state index contributed by atoms with van der Waals surface area (Å²) in [4.78, 5) is 13.6. The highest BCUT2D eigenvalue weighted by molar-refractivity contribution is 5.73. The van der Waals surface area contributed by atoms with E-state index >= 15 is 0 Å². The molecule has 0 bridgehead atoms. The van der Waals surface area contributed by atoms with Gasteiger partial charge in [0.2, 0.25) is 5.91 Å². The smallest absolute Gasteiger partial charge is 0.217 e. The van der Waals surface area contributed by atoms with E-state index in [9.17, 15) is 4.79 Å². The van der Waals surface area contributed by atoms with Gasteiger partial charge in [0.1, 0.15) is 0 Å². The zero-order chi connectivity index (χ0) is 14.2. The van der Waals surface area contributed by atoms with Crippen LogP contribution < -0.4 is 5.32 Å². The second-order valence-corrected chi connectivity index (χ2v) is 6.39. The number of rotatable bonds is 6. The van der Waals surface area contributed by atoms with Crippen molar-refractivity contribution in [2.75, 3.05) is 32.8 Å². The standard InChI is InChI=1S/C16H30N2O2/c1-14(19)17-16-6-4-10-18(13-16)9-3-2-5-15-7-11-20-12-8-15/h15-16H,2-13H2,1H3,(H,17,19)/t16-/m1/s1. The van der Waals surface area contributed by atoms with E-state index in [0.29, 0.717) is 6.04 Å². The van der Waals surface area contributed by atoms with Gasteiger partial charge in [-0.3, -0.25) is 4.79 Å². The molecule has 0 unspecified atom stereocenters. The van der Waals surface area contributed by atoms with Crippen molar-refractivity contribution in [3.05, 3.63) is 0 Å². The number of hydrogen-bond acceptors (Lipinski definition) is 3. The molecule has 2 aliphatic rings. The van der Waals surface area contributed by atoms with Crippen molar-refractivity contribution < 1.29 is 9.53 Å². The van der Waals surface area contributed by atoms with Crippen LogP contribution in [0.1, 0.15) is 51.9 Å². The molecular formula is C16H30N2O2. The highest BCUT2D eigenvalue weighted by atomic mass is 16.5. The molecule has 1 amide bonds. The van der Waals surface area contributed by atoms with Crippen LogP contribution in [0.15, 0.2) is 0 Å². The van der Waals surface area contributed by atoms with Gasteiger partial charge in [0, 0.05) is 32.7 Å². The van der Waals surface area contributed by atoms with Crippen LogP contribution >= 0.6 is 0 Å². The fourth-order valence-electron chi connectivity index (χ4n) is 3.47. The summed E-state index contributed by atoms with van der Waals surface area (Å²) >= 11 is 0. The number of nitrogens with zero attached hydrogens (tertiary/aromatic N) is 1. The molecule has 2 saturated heterocycles. The Hall–Kier alpha value is -0.610. The summed E-state index contributed by atoms with van der Waals surface area (Å²) in [7, 11) is 0. The number of piperidine rings is 1. The maximum absolute atomic E-state index is 11.1. The van der Waals surface area contributed by atoms with E-state index in [1.165, 1.54) is 51.6 Å². The molecule has 0 aromatic rings. The first-order valence-electron chi connectivity index (χ1n) is 8.31. The largest absolute Gasteiger partial charge is 0.381 e. The molecule has 116 valence electrons. The molecule has 1 N–H and O–H groups in total. The Morgan fingerprint density at radius 3 is 2.80 bits per heavy atom. The lowest BCUT2D eigenvalue weighted by molar-refractivity contribution is -0.120. The summed E-state index contributed by atoms with van der Waals surface area (Å²) in [5.41, 5.74) is 0. The summed E-state index contributed by atoms with van der Waals surface area (Å²) in [6, 6.07) is 0.372. The Bertz CT molecular complexity index is 290. The predicted molar refractivity (Wildman–Crippen MR) is 80.7 cm³/mol. The molecule has 0 radical (unpaired) electrons. The van der Waals surface area contributed by atoms with Crippen molar-refractivity contribution in [3.63, 3.8) is 0 Å². The monoisotopic (exact) mass is 282 g/mol. The van der Waals surface area contributed by atoms with E-state index in [0.717, 1.165) is 32.1 Å². The van der Waals surface area contributed by atoms with Crippen LogP contribution in [-0.4, -0.2) is 49.7 Å². The molecule has 0 saturated carbocycles. The number of nitrogens with one attached hydrogen (secondary N) is 1. The van der Waals surface area contributed by atoms with Gasteiger partial charge in [0.15, 0.2) is 0 Å². The average molecular weight is 282 g/mol. The van der Waals surface area contributed by atoms with Gasteiger partial charge in [0.25, 0.3) is 0 Å². The third-order valence-corrected chi connectivity index (χ3v) is 4.59. The Balaban J connectivity index is 1.55. The molecule has 0 aliphatic carbocycles. The Morgan fingerprint density at radius 2 is 2.05 bits per heavy atom. The minimum atomic E-state index is 0.108. The van der Waals surface area contributed by atoms with Gasteiger partial charge >= 0.3 is 0 Å². The lowest BCUT2D eigenvalue weighted by Gasteiger charge is -2.33. The highest BCUT2D eigenvalue weighted by Crippen LogP contribution is 2.21. The third-order valence-electron chi connectivity index (χ3n) is 4.59. The van der Waals surface area contributed by atoms with Crippen LogP contribution in [-0.2, 0) is 9.53 Å². The first kappa shape index (κ1) is 15.8. The first-order valence-corrected chi connectivity index (χ1v) is 8.31. The molecule has 2 aliphatic heterocycles. The van der Waals surface area contributed by atoms with Gasteiger partial charge < -0.3 is 15.0 Å². The quantitative estimate of drug-likeness (QED) is 0.759. The Labute approximate surface area is 123 Å². The van der Waals surface area contributed by atoms with Gasteiger partial charge in [-0.15, -0.1) is 0 Å². The van der Waals surface area contributed by atoms with E-state index in [1.807, 2.05) is 0 Å². The Morgan fingerprint density at radius 1 is 1.25 bits per heavy atom. The molecule has 0 aromatic carbocycles. The number of hydrogen-bond donors (Lipinski definition) is 1. The molecule has 0 aromatic heterocycles. The number of ether oxygens (including phenoxy) is 1. The number of unbranched alkanes of at least 4 members (excludes halogenated alkanes) is 1. The maximum Gasteiger partial charge on any atom is 0.217 e. The van der Waals surface area contributed by atoms with E-state index < -0.39 is 0 Å². The van der Waals surface area contributed by atoms with E-state index in [2.05, 4.69) is 10.2 Å². The van der Waals surface area contributed by atoms with Crippen molar-refractivity contribution >= 4 is 5.91 Å². The highest BCUT2D eigenvalue weighted by Gasteiger charge is 2.20. The molecule has 4 nitrogen and oxygen atoms in total. The van der Waals surface area contributed by atoms with Gasteiger partial charge in [-0.1, -0.05) is 12.8 Å². The summed E-state index contributed by atoms with van der Waals surface area (Å²) in [5.74, 6) is 1.01. The lowest BCUT2D eigenvalue weighted by Crippen LogP contribution is -2.47. The molecular weight excluding hydrogens is 252 g/mol. The van der Waals surface area contributed by atoms with Crippen molar-refractivity contribution in [1.29, 1.82) is 0 Å². The van der Waals surface area contributed by atoms with Crippen LogP contribution in [0.5, 0.6) is 0 Å². The molecule has 2 heterocycles. The van der Waals surface area contributed by atoms with E-state index in [-0.39, 0.29) is 5.91 Å². The Kier molecular flexibility index (Phi) is 6.80. The van der Waals surface area contributed by atoms with Crippen LogP contribution in [0.2, 0.25) is 0 Å². The fourth-order valence-corrected chi connectivity index (χ4v) is 3.47. The first-order chi connectivity index (χ1) is 9.74. The number of likely N-dealkylation sites (tertiary alicyclic amines) is 1. The lowest BCUT2D eigenvalue weighted by atomic mass is 9.94. The second kappa shape index (κ2) is 8.63. The SMILES string of the molecule is CC(=O)N[C@@H]1CCCN(CCCCC2CCOCC2)C1. The molecule has 20 heavy (non-hydrogen) atoms. The van der Waals surface area contributed by atoms with Crippen LogP contribution in [0, 0.1) is 5.92 Å². The van der Waals surface area contributed by atoms with Crippen molar-refractivity contribution in [1.82, 2.24) is 10.2 Å². The molecule has 1 atom stereocenters. The predicted octanol–water partition coefficient (Wildman–Crippen LogP) is 2.18. The molecule has 0 spiro atoms. The summed E-state index contributed by atoms with van der Waals surface area (Å²) in [5, 5.41) is 3.06. The van der Waals surface area contributed by atoms with Crippen molar-refractivity contribution in [3.8, 4) is 0 Å². The minimum Gasteiger partial charge on any atom is -0.381 e. The minimum absolute atomic E-state index is 0.108. The number of amides is 1. The summed E-state index contributed by atoms with van der Waals surface area (Å²) in [6.45, 7) is 6.99. The van der Waals surface area contributed by atoms with Crippen molar-refractivity contribution in [2.45, 2.75) is 57.9 Å². The van der Waals surface area contributed by atoms with Gasteiger partial charge in [-0.05, 0) is 51.1 Å². The van der Waals surface area contributed by atoms with E-state index in [1.54, 1.807) is 6.92 Å². The maximum atomic E-state index is 11.1. The normalized spacial score (nSPS) is 25.6. The topological polar surface area (TPSA) is 41.6 Å². The van der Waals surface area contributed by atoms with Gasteiger partial charge in [-0.25, -0.2) is 0 Å². The fraction of sp³-hybridized carbons (Fsp3) is 0.938. The number of carbonyl (C=O) groups excluding carboxylic acids is 1. The molecule has 4 heteroatoms. The third kappa shape index (κ3) is 5.80. The zero-order valence-electron chi connectivity index (χ0n) is 12.9. The van der Waals surface area contributed by atoms with E-state index in [4.69, 9.17) is 4.74 Å². The van der Waals surface area contributed by atoms with Gasteiger partial charge in [-0.2, -0.15) is 0 Å². The number of carbonyl (C=O) groups is 1. The van der Waals surface area contributed by atoms with Crippen LogP contribution in [0.4, 0.5) is 0 Å². The summed E-state index contributed by atoms with van der Waals surface area (Å²) in [6.07, 6.45) is 8.87. The molecule has 2 rings (SSSR count). The average Bonchev–Trinajstić information content (AvgIpc) is 2.44. The van der Waals surface area contributed by atoms with Crippen LogP contribution in [0.25, 0.3) is 0 Å². The van der Waals surface area contributed by atoms with Crippen molar-refractivity contribution in [2.24, 2.45) is 5.92 Å². The second-order valence-electron chi connectivity index (χ2n) is 6.39. The van der Waals surface area contributed by atoms with Crippen LogP contribution in [0.3, 0.4) is 0 Å².